The molecule has 0 aromatic heterocycles. The Labute approximate surface area is 571 Å². The maximum absolute atomic E-state index is 13.7. The zero-order chi connectivity index (χ0) is 72.7. The molecule has 8 bridgehead atoms. The summed E-state index contributed by atoms with van der Waals surface area (Å²) in [5.74, 6) is -18.6. The standard InChI is InChI=1S/2C36H48O13/c1-9-21(2)19-22(3)15-16-27(38)46-29-35(31(40)44-8)34(41,30(39)43-7)32-47-33(49-35,36(29,42)48-32)18-17-23(4)28(45-25(6)37)24(5)20-26-13-11-10-12-14-26;1-9-21(2)19-22(3)15-16-27(38)46-29-34(41,30(39)43-7)35(31(40)44-8)32-47-33(49-35,36(29,42)48-32)18-17-23(4)28(45-25(6)37)24(5)20-26-13-11-10-12-14-26/h2*10-16,21-22,24,28-29,32,41-42H,4,9,17-20H2,1-3,5-8H3/b2*16-15+/t21-,22+,24+,28+,29-,32+,33-,34-,35-,36-;21-,22+,24+,28+,29-,32+,33+,34-,35+,36-/m00/s1. The van der Waals surface area contributed by atoms with Crippen molar-refractivity contribution < 1.29 is 125 Å². The lowest BCUT2D eigenvalue weighted by Gasteiger charge is -2.58. The van der Waals surface area contributed by atoms with Gasteiger partial charge in [-0.05, 0) is 84.5 Å². The lowest BCUT2D eigenvalue weighted by Crippen LogP contribution is -2.88. The Balaban J connectivity index is 0.000000276. The fourth-order valence-corrected chi connectivity index (χ4v) is 14.1. The molecule has 0 unspecified atom stereocenters. The number of carbonyl (C=O) groups excluding carboxylic acids is 8. The van der Waals surface area contributed by atoms with Crippen LogP contribution in [0.1, 0.15) is 132 Å². The molecule has 4 N–H and O–H groups in total. The van der Waals surface area contributed by atoms with E-state index in [0.717, 1.165) is 77.4 Å². The highest BCUT2D eigenvalue weighted by Gasteiger charge is 2.97. The van der Waals surface area contributed by atoms with Gasteiger partial charge in [-0.1, -0.05) is 154 Å². The molecular weight excluding hydrogens is 1280 g/mol. The SMILES string of the molecule is C=C(CC[C@@]12O[C@@H]3O[C@@]1(O)[C@@H](OC(=O)/C=C/[C@@H](C)C[C@@H](C)CC)[C@@](C(=O)OC)(O2)[C@]3(O)C(=O)OC)[C@@H](OC(C)=O)[C@H](C)Cc1ccccc1.C=C(CC[C@]12O[C@@H]3O[C@@]1(O)[C@@H](OC(=O)/C=C/[C@@H](C)C[C@@H](C)CC)[C@](O)(C(=O)OC)[C@]3(C(=O)OC)O2)[C@@H](OC(C)=O)[C@H](C)Cc1ccccc1. The third-order valence-electron chi connectivity index (χ3n) is 19.5. The van der Waals surface area contributed by atoms with Crippen LogP contribution in [-0.4, -0.2) is 179 Å². The van der Waals surface area contributed by atoms with Gasteiger partial charge in [0.2, 0.25) is 36.4 Å². The van der Waals surface area contributed by atoms with E-state index in [4.69, 9.17) is 66.3 Å². The second-order valence-corrected chi connectivity index (χ2v) is 26.7. The van der Waals surface area contributed by atoms with Crippen LogP contribution in [-0.2, 0) is 118 Å². The minimum Gasteiger partial charge on any atom is -0.467 e. The van der Waals surface area contributed by atoms with Gasteiger partial charge in [0.05, 0.1) is 28.4 Å². The molecule has 8 aliphatic heterocycles. The first-order chi connectivity index (χ1) is 46.1. The molecule has 0 amide bonds. The normalized spacial score (nSPS) is 32.3. The molecule has 8 heterocycles. The molecule has 0 spiro atoms. The Hall–Kier alpha value is -7.24. The van der Waals surface area contributed by atoms with E-state index in [1.807, 2.05) is 88.4 Å². The quantitative estimate of drug-likeness (QED) is 0.0260. The highest BCUT2D eigenvalue weighted by molar-refractivity contribution is 5.97. The molecule has 0 aliphatic carbocycles. The first-order valence-corrected chi connectivity index (χ1v) is 33.0. The average Bonchev–Trinajstić information content (AvgIpc) is 1.48. The van der Waals surface area contributed by atoms with Gasteiger partial charge >= 0.3 is 47.8 Å². The van der Waals surface area contributed by atoms with Crippen molar-refractivity contribution in [2.24, 2.45) is 35.5 Å². The lowest BCUT2D eigenvalue weighted by molar-refractivity contribution is -0.456. The van der Waals surface area contributed by atoms with Crippen LogP contribution in [0.5, 0.6) is 0 Å². The van der Waals surface area contributed by atoms with Crippen LogP contribution >= 0.6 is 0 Å². The Kier molecular flexibility index (Phi) is 24.8. The van der Waals surface area contributed by atoms with E-state index in [1.165, 1.54) is 13.8 Å². The van der Waals surface area contributed by atoms with Crippen molar-refractivity contribution >= 4 is 47.8 Å². The number of esters is 8. The summed E-state index contributed by atoms with van der Waals surface area (Å²) in [7, 11) is 3.84. The van der Waals surface area contributed by atoms with Crippen molar-refractivity contribution in [1.29, 1.82) is 0 Å². The van der Waals surface area contributed by atoms with Crippen LogP contribution in [0.3, 0.4) is 0 Å². The minimum absolute atomic E-state index is 0.0225. The smallest absolute Gasteiger partial charge is 0.347 e. The zero-order valence-corrected chi connectivity index (χ0v) is 58.3. The molecule has 26 heteroatoms. The van der Waals surface area contributed by atoms with Crippen molar-refractivity contribution in [2.45, 2.75) is 216 Å². The number of hydrogen-bond acceptors (Lipinski definition) is 26. The lowest BCUT2D eigenvalue weighted by atomic mass is 9.68. The maximum Gasteiger partial charge on any atom is 0.347 e. The fraction of sp³-hybridized carbons (Fsp3) is 0.611. The molecule has 0 saturated carbocycles. The predicted molar refractivity (Wildman–Crippen MR) is 344 cm³/mol. The second kappa shape index (κ2) is 31.1. The van der Waals surface area contributed by atoms with Crippen LogP contribution in [0.25, 0.3) is 0 Å². The summed E-state index contributed by atoms with van der Waals surface area (Å²) in [6.07, 6.45) is -0.581. The van der Waals surface area contributed by atoms with E-state index in [0.29, 0.717) is 35.8 Å². The van der Waals surface area contributed by atoms with E-state index in [1.54, 1.807) is 12.2 Å². The number of methoxy groups -OCH3 is 4. The van der Waals surface area contributed by atoms with Gasteiger partial charge in [-0.15, -0.1) is 0 Å². The van der Waals surface area contributed by atoms with Crippen LogP contribution in [0.2, 0.25) is 0 Å². The van der Waals surface area contributed by atoms with Crippen molar-refractivity contribution in [3.8, 4) is 0 Å². The molecule has 8 fully saturated rings. The summed E-state index contributed by atoms with van der Waals surface area (Å²) >= 11 is 0. The van der Waals surface area contributed by atoms with Crippen molar-refractivity contribution in [3.05, 3.63) is 120 Å². The van der Waals surface area contributed by atoms with Gasteiger partial charge in [0.15, 0.2) is 0 Å². The highest BCUT2D eigenvalue weighted by Crippen LogP contribution is 2.68. The average molecular weight is 1380 g/mol. The van der Waals surface area contributed by atoms with Gasteiger partial charge in [0.1, 0.15) is 12.2 Å². The number of carbonyl (C=O) groups is 8. The van der Waals surface area contributed by atoms with Crippen LogP contribution in [0.15, 0.2) is 109 Å². The number of allylic oxidation sites excluding steroid dienone is 2. The second-order valence-electron chi connectivity index (χ2n) is 26.7. The van der Waals surface area contributed by atoms with Crippen LogP contribution in [0.4, 0.5) is 0 Å². The van der Waals surface area contributed by atoms with Crippen LogP contribution < -0.4 is 0 Å². The highest BCUT2D eigenvalue weighted by atomic mass is 16.9. The van der Waals surface area contributed by atoms with Crippen LogP contribution in [0, 0.1) is 35.5 Å². The van der Waals surface area contributed by atoms with E-state index >= 15 is 0 Å². The van der Waals surface area contributed by atoms with E-state index in [9.17, 15) is 58.8 Å². The Morgan fingerprint density at radius 2 is 0.878 bits per heavy atom. The van der Waals surface area contributed by atoms with Gasteiger partial charge in [-0.3, -0.25) is 9.59 Å². The van der Waals surface area contributed by atoms with Crippen molar-refractivity contribution in [1.82, 2.24) is 0 Å². The predicted octanol–water partition coefficient (Wildman–Crippen LogP) is 6.58. The topological polar surface area (TPSA) is 347 Å². The summed E-state index contributed by atoms with van der Waals surface area (Å²) in [6.45, 7) is 26.7. The minimum atomic E-state index is -3.18. The molecule has 10 rings (SSSR count). The number of rotatable bonds is 32. The first-order valence-electron chi connectivity index (χ1n) is 33.0. The summed E-state index contributed by atoms with van der Waals surface area (Å²) < 4.78 is 77.8. The van der Waals surface area contributed by atoms with E-state index < -0.39 is 130 Å². The third-order valence-corrected chi connectivity index (χ3v) is 19.5. The van der Waals surface area contributed by atoms with Gasteiger partial charge in [0.25, 0.3) is 34.0 Å². The number of fused-ring (bicyclic) bond motifs is 1. The van der Waals surface area contributed by atoms with E-state index in [-0.39, 0.29) is 49.4 Å². The molecule has 98 heavy (non-hydrogen) atoms. The summed E-state index contributed by atoms with van der Waals surface area (Å²) in [5.41, 5.74) is -9.08. The molecule has 8 aliphatic rings. The molecule has 20 atom stereocenters. The van der Waals surface area contributed by atoms with Gasteiger partial charge < -0.3 is 86.7 Å². The number of aliphatic hydroxyl groups is 4. The first kappa shape index (κ1) is 78.1. The van der Waals surface area contributed by atoms with Gasteiger partial charge in [-0.25, -0.2) is 28.8 Å². The molecule has 0 radical (unpaired) electrons. The molecular formula is C72H96O26. The van der Waals surface area contributed by atoms with E-state index in [2.05, 4.69) is 40.9 Å². The molecule has 540 valence electrons. The Morgan fingerprint density at radius 1 is 0.510 bits per heavy atom. The monoisotopic (exact) mass is 1380 g/mol. The molecule has 8 saturated heterocycles. The zero-order valence-electron chi connectivity index (χ0n) is 58.3. The molecule has 2 aromatic rings. The molecule has 2 aromatic carbocycles. The van der Waals surface area contributed by atoms with Gasteiger partial charge in [-0.2, -0.15) is 0 Å². The van der Waals surface area contributed by atoms with Gasteiger partial charge in [0, 0.05) is 50.7 Å². The largest absolute Gasteiger partial charge is 0.467 e. The summed E-state index contributed by atoms with van der Waals surface area (Å²) in [4.78, 5) is 104. The number of ether oxygens (including phenoxy) is 14. The fourth-order valence-electron chi connectivity index (χ4n) is 14.1. The van der Waals surface area contributed by atoms with Crippen molar-refractivity contribution in [3.63, 3.8) is 0 Å². The molecule has 26 nitrogen and oxygen atoms in total. The third kappa shape index (κ3) is 14.3. The number of hydrogen-bond donors (Lipinski definition) is 4. The maximum atomic E-state index is 13.7. The summed E-state index contributed by atoms with van der Waals surface area (Å²) in [6, 6.07) is 19.2. The Bertz CT molecular complexity index is 3200. The Morgan fingerprint density at radius 3 is 1.29 bits per heavy atom. The number of benzene rings is 2. The van der Waals surface area contributed by atoms with Crippen molar-refractivity contribution in [2.75, 3.05) is 28.4 Å². The summed E-state index contributed by atoms with van der Waals surface area (Å²) in [5, 5.41) is 48.3.